The molecule has 0 aliphatic heterocycles. The lowest BCUT2D eigenvalue weighted by Gasteiger charge is -2.20. The van der Waals surface area contributed by atoms with E-state index in [0.29, 0.717) is 0 Å². The van der Waals surface area contributed by atoms with Crippen LogP contribution >= 0.6 is 11.6 Å². The first-order valence-electron chi connectivity index (χ1n) is 7.12. The van der Waals surface area contributed by atoms with Crippen LogP contribution in [0.5, 0.6) is 0 Å². The van der Waals surface area contributed by atoms with Crippen LogP contribution in [0.25, 0.3) is 10.9 Å². The zero-order valence-corrected chi connectivity index (χ0v) is 12.6. The largest absolute Gasteiger partial charge is 0.306 e. The summed E-state index contributed by atoms with van der Waals surface area (Å²) < 4.78 is 0. The van der Waals surface area contributed by atoms with Gasteiger partial charge in [-0.15, -0.1) is 0 Å². The van der Waals surface area contributed by atoms with Crippen molar-refractivity contribution in [1.29, 1.82) is 0 Å². The minimum Gasteiger partial charge on any atom is -0.306 e. The Bertz CT molecular complexity index is 750. The molecule has 0 radical (unpaired) electrons. The lowest BCUT2D eigenvalue weighted by molar-refractivity contribution is 0.633. The zero-order chi connectivity index (χ0) is 14.7. The van der Waals surface area contributed by atoms with E-state index < -0.39 is 0 Å². The number of pyridine rings is 1. The van der Waals surface area contributed by atoms with Crippen molar-refractivity contribution in [3.63, 3.8) is 0 Å². The average molecular weight is 297 g/mol. The molecule has 0 bridgehead atoms. The van der Waals surface area contributed by atoms with Crippen molar-refractivity contribution >= 4 is 22.5 Å². The molecule has 1 heterocycles. The standard InChI is InChI=1S/C18H17ClN2/c1-2-20-18(14-7-3-9-15(19)12-14)16-10-4-6-13-8-5-11-21-17(13)16/h3-12,18,20H,2H2,1H3. The molecule has 0 aliphatic carbocycles. The maximum Gasteiger partial charge on any atom is 0.0753 e. The highest BCUT2D eigenvalue weighted by Crippen LogP contribution is 2.28. The Balaban J connectivity index is 2.16. The molecule has 0 aliphatic rings. The third kappa shape index (κ3) is 2.92. The molecule has 3 rings (SSSR count). The molecule has 0 amide bonds. The van der Waals surface area contributed by atoms with E-state index >= 15 is 0 Å². The highest BCUT2D eigenvalue weighted by molar-refractivity contribution is 6.30. The predicted molar refractivity (Wildman–Crippen MR) is 88.7 cm³/mol. The number of hydrogen-bond acceptors (Lipinski definition) is 2. The Kier molecular flexibility index (Phi) is 4.18. The molecule has 3 aromatic rings. The van der Waals surface area contributed by atoms with E-state index in [1.165, 1.54) is 5.56 Å². The van der Waals surface area contributed by atoms with Gasteiger partial charge >= 0.3 is 0 Å². The van der Waals surface area contributed by atoms with E-state index in [0.717, 1.165) is 28.0 Å². The second-order valence-electron chi connectivity index (χ2n) is 4.97. The van der Waals surface area contributed by atoms with Crippen LogP contribution in [0.1, 0.15) is 24.1 Å². The first kappa shape index (κ1) is 14.1. The van der Waals surface area contributed by atoms with E-state index in [1.807, 2.05) is 30.5 Å². The second-order valence-corrected chi connectivity index (χ2v) is 5.40. The van der Waals surface area contributed by atoms with Gasteiger partial charge < -0.3 is 5.32 Å². The Morgan fingerprint density at radius 2 is 1.90 bits per heavy atom. The maximum atomic E-state index is 6.15. The van der Waals surface area contributed by atoms with Crippen LogP contribution in [0.4, 0.5) is 0 Å². The number of fused-ring (bicyclic) bond motifs is 1. The number of halogens is 1. The number of benzene rings is 2. The second kappa shape index (κ2) is 6.25. The van der Waals surface area contributed by atoms with E-state index in [4.69, 9.17) is 11.6 Å². The van der Waals surface area contributed by atoms with Crippen molar-refractivity contribution in [3.8, 4) is 0 Å². The average Bonchev–Trinajstić information content (AvgIpc) is 2.52. The third-order valence-electron chi connectivity index (χ3n) is 3.57. The van der Waals surface area contributed by atoms with E-state index in [1.54, 1.807) is 0 Å². The van der Waals surface area contributed by atoms with Crippen LogP contribution in [0, 0.1) is 0 Å². The molecule has 2 nitrogen and oxygen atoms in total. The summed E-state index contributed by atoms with van der Waals surface area (Å²) in [6, 6.07) is 18.4. The molecule has 0 saturated heterocycles. The molecular weight excluding hydrogens is 280 g/mol. The topological polar surface area (TPSA) is 24.9 Å². The van der Waals surface area contributed by atoms with Crippen molar-refractivity contribution in [2.75, 3.05) is 6.54 Å². The fraction of sp³-hybridized carbons (Fsp3) is 0.167. The maximum absolute atomic E-state index is 6.15. The van der Waals surface area contributed by atoms with Crippen molar-refractivity contribution in [2.45, 2.75) is 13.0 Å². The monoisotopic (exact) mass is 296 g/mol. The van der Waals surface area contributed by atoms with Gasteiger partial charge in [0.05, 0.1) is 11.6 Å². The normalized spacial score (nSPS) is 12.5. The molecule has 1 N–H and O–H groups in total. The van der Waals surface area contributed by atoms with Gasteiger partial charge in [-0.3, -0.25) is 4.98 Å². The van der Waals surface area contributed by atoms with Crippen LogP contribution < -0.4 is 5.32 Å². The molecule has 0 saturated carbocycles. The summed E-state index contributed by atoms with van der Waals surface area (Å²) in [5.74, 6) is 0. The number of rotatable bonds is 4. The van der Waals surface area contributed by atoms with E-state index in [-0.39, 0.29) is 6.04 Å². The quantitative estimate of drug-likeness (QED) is 0.762. The summed E-state index contributed by atoms with van der Waals surface area (Å²) in [6.07, 6.45) is 1.84. The van der Waals surface area contributed by atoms with Gasteiger partial charge in [0.15, 0.2) is 0 Å². The number of aromatic nitrogens is 1. The van der Waals surface area contributed by atoms with Crippen LogP contribution in [0.2, 0.25) is 5.02 Å². The van der Waals surface area contributed by atoms with Gasteiger partial charge in [0.2, 0.25) is 0 Å². The Morgan fingerprint density at radius 3 is 2.71 bits per heavy atom. The fourth-order valence-electron chi connectivity index (χ4n) is 2.66. The molecule has 1 aromatic heterocycles. The summed E-state index contributed by atoms with van der Waals surface area (Å²) in [4.78, 5) is 4.56. The number of nitrogens with one attached hydrogen (secondary N) is 1. The number of para-hydroxylation sites is 1. The smallest absolute Gasteiger partial charge is 0.0753 e. The highest BCUT2D eigenvalue weighted by Gasteiger charge is 2.16. The number of hydrogen-bond donors (Lipinski definition) is 1. The fourth-order valence-corrected chi connectivity index (χ4v) is 2.86. The van der Waals surface area contributed by atoms with Gasteiger partial charge in [-0.2, -0.15) is 0 Å². The van der Waals surface area contributed by atoms with Crippen LogP contribution in [-0.2, 0) is 0 Å². The third-order valence-corrected chi connectivity index (χ3v) is 3.80. The van der Waals surface area contributed by atoms with E-state index in [9.17, 15) is 0 Å². The van der Waals surface area contributed by atoms with Crippen LogP contribution in [0.15, 0.2) is 60.8 Å². The van der Waals surface area contributed by atoms with Gasteiger partial charge in [0, 0.05) is 16.6 Å². The van der Waals surface area contributed by atoms with Crippen molar-refractivity contribution in [3.05, 3.63) is 76.9 Å². The predicted octanol–water partition coefficient (Wildman–Crippen LogP) is 4.59. The van der Waals surface area contributed by atoms with Gasteiger partial charge in [0.25, 0.3) is 0 Å². The Hall–Kier alpha value is -1.90. The van der Waals surface area contributed by atoms with Crippen LogP contribution in [-0.4, -0.2) is 11.5 Å². The highest BCUT2D eigenvalue weighted by atomic mass is 35.5. The van der Waals surface area contributed by atoms with Crippen molar-refractivity contribution in [1.82, 2.24) is 10.3 Å². The lowest BCUT2D eigenvalue weighted by atomic mass is 9.96. The van der Waals surface area contributed by atoms with Gasteiger partial charge in [-0.1, -0.05) is 54.9 Å². The van der Waals surface area contributed by atoms with E-state index in [2.05, 4.69) is 47.6 Å². The molecule has 21 heavy (non-hydrogen) atoms. The summed E-state index contributed by atoms with van der Waals surface area (Å²) in [5, 5.41) is 5.44. The molecule has 106 valence electrons. The molecule has 1 unspecified atom stereocenters. The summed E-state index contributed by atoms with van der Waals surface area (Å²) >= 11 is 6.15. The molecule has 1 atom stereocenters. The summed E-state index contributed by atoms with van der Waals surface area (Å²) in [6.45, 7) is 2.98. The molecule has 0 spiro atoms. The first-order chi connectivity index (χ1) is 10.3. The van der Waals surface area contributed by atoms with Crippen LogP contribution in [0.3, 0.4) is 0 Å². The number of nitrogens with zero attached hydrogens (tertiary/aromatic N) is 1. The Morgan fingerprint density at radius 1 is 1.10 bits per heavy atom. The molecular formula is C18H17ClN2. The lowest BCUT2D eigenvalue weighted by Crippen LogP contribution is -2.22. The minimum absolute atomic E-state index is 0.0901. The van der Waals surface area contributed by atoms with Gasteiger partial charge in [-0.25, -0.2) is 0 Å². The summed E-state index contributed by atoms with van der Waals surface area (Å²) in [5.41, 5.74) is 3.37. The minimum atomic E-state index is 0.0901. The Labute approximate surface area is 129 Å². The van der Waals surface area contributed by atoms with Crippen molar-refractivity contribution < 1.29 is 0 Å². The molecule has 3 heteroatoms. The zero-order valence-electron chi connectivity index (χ0n) is 11.9. The SMILES string of the molecule is CCNC(c1cccc(Cl)c1)c1cccc2cccnc12. The van der Waals surface area contributed by atoms with Gasteiger partial charge in [-0.05, 0) is 35.9 Å². The molecule has 0 fully saturated rings. The van der Waals surface area contributed by atoms with Crippen molar-refractivity contribution in [2.24, 2.45) is 0 Å². The first-order valence-corrected chi connectivity index (χ1v) is 7.50. The summed E-state index contributed by atoms with van der Waals surface area (Å²) in [7, 11) is 0. The van der Waals surface area contributed by atoms with Gasteiger partial charge in [0.1, 0.15) is 0 Å². The molecule has 2 aromatic carbocycles.